The second-order valence-corrected chi connectivity index (χ2v) is 13.8. The van der Waals surface area contributed by atoms with Gasteiger partial charge in [0.1, 0.15) is 5.82 Å². The molecule has 3 nitrogen and oxygen atoms in total. The molecule has 0 aliphatic carbocycles. The lowest BCUT2D eigenvalue weighted by molar-refractivity contribution is 1.08. The number of benzene rings is 8. The fraction of sp³-hybridized carbons (Fsp3) is 0. The predicted octanol–water partition coefficient (Wildman–Crippen LogP) is 13.2. The van der Waals surface area contributed by atoms with Crippen LogP contribution in [-0.4, -0.2) is 14.5 Å². The number of hydrogen-bond donors (Lipinski definition) is 0. The lowest BCUT2D eigenvalue weighted by atomic mass is 9.84. The van der Waals surface area contributed by atoms with E-state index in [9.17, 15) is 0 Å². The van der Waals surface area contributed by atoms with Gasteiger partial charge in [-0.1, -0.05) is 127 Å². The highest BCUT2D eigenvalue weighted by atomic mass is 15.1. The number of aromatic nitrogens is 3. The third-order valence-corrected chi connectivity index (χ3v) is 10.8. The number of rotatable bonds is 4. The molecule has 0 N–H and O–H groups in total. The molecule has 0 bridgehead atoms. The van der Waals surface area contributed by atoms with E-state index in [0.29, 0.717) is 0 Å². The Hall–Kier alpha value is -7.10. The van der Waals surface area contributed by atoms with E-state index >= 15 is 0 Å². The zero-order chi connectivity index (χ0) is 34.9. The molecule has 246 valence electrons. The van der Waals surface area contributed by atoms with Crippen molar-refractivity contribution in [2.75, 3.05) is 0 Å². The third-order valence-electron chi connectivity index (χ3n) is 10.8. The molecule has 11 rings (SSSR count). The fourth-order valence-electron chi connectivity index (χ4n) is 8.39. The van der Waals surface area contributed by atoms with Crippen molar-refractivity contribution in [2.45, 2.75) is 0 Å². The van der Waals surface area contributed by atoms with Gasteiger partial charge in [-0.25, -0.2) is 4.98 Å². The summed E-state index contributed by atoms with van der Waals surface area (Å²) < 4.78 is 2.21. The van der Waals surface area contributed by atoms with Crippen LogP contribution in [0.15, 0.2) is 188 Å². The zero-order valence-electron chi connectivity index (χ0n) is 28.7. The van der Waals surface area contributed by atoms with Gasteiger partial charge in [-0.05, 0) is 119 Å². The minimum Gasteiger partial charge on any atom is -0.292 e. The van der Waals surface area contributed by atoms with E-state index in [1.807, 2.05) is 18.5 Å². The summed E-state index contributed by atoms with van der Waals surface area (Å²) in [6, 6.07) is 63.7. The number of fused-ring (bicyclic) bond motifs is 7. The second-order valence-electron chi connectivity index (χ2n) is 13.8. The molecule has 0 atom stereocenters. The lowest BCUT2D eigenvalue weighted by Gasteiger charge is -2.19. The Labute approximate surface area is 306 Å². The van der Waals surface area contributed by atoms with Crippen molar-refractivity contribution in [3.05, 3.63) is 188 Å². The first-order valence-electron chi connectivity index (χ1n) is 18.1. The SMILES string of the molecule is c1ccc2cc(-c3c4ccccc4c(-c4ccc5ccccc5c4)c4cc(-c5ccc(-n6c7ccccc7c7ncccc76)nc5)ccc34)ccc2c1. The molecule has 3 heteroatoms. The van der Waals surface area contributed by atoms with Crippen LogP contribution in [0.5, 0.6) is 0 Å². The summed E-state index contributed by atoms with van der Waals surface area (Å²) >= 11 is 0. The number of para-hydroxylation sites is 1. The Morgan fingerprint density at radius 1 is 0.340 bits per heavy atom. The molecule has 0 amide bonds. The van der Waals surface area contributed by atoms with Gasteiger partial charge in [0.25, 0.3) is 0 Å². The van der Waals surface area contributed by atoms with Crippen LogP contribution in [0.3, 0.4) is 0 Å². The standard InChI is InChI=1S/C50H31N3/c1-3-12-34-28-37(21-19-32(34)10-1)48-40-14-5-6-15-41(40)49(38-22-20-33-11-2-4-13-35(33)29-38)44-30-36(23-25-42(44)48)39-24-26-47(52-31-39)53-45-17-8-7-16-43(45)50-46(53)18-9-27-51-50/h1-31H. The molecule has 8 aromatic carbocycles. The largest absolute Gasteiger partial charge is 0.292 e. The van der Waals surface area contributed by atoms with Crippen molar-refractivity contribution in [1.29, 1.82) is 0 Å². The zero-order valence-corrected chi connectivity index (χ0v) is 28.7. The summed E-state index contributed by atoms with van der Waals surface area (Å²) in [4.78, 5) is 9.79. The van der Waals surface area contributed by atoms with E-state index in [0.717, 1.165) is 38.9 Å². The molecule has 0 aliphatic rings. The van der Waals surface area contributed by atoms with Crippen molar-refractivity contribution in [1.82, 2.24) is 14.5 Å². The highest BCUT2D eigenvalue weighted by Gasteiger charge is 2.19. The summed E-state index contributed by atoms with van der Waals surface area (Å²) in [6.07, 6.45) is 3.87. The Morgan fingerprint density at radius 3 is 1.57 bits per heavy atom. The van der Waals surface area contributed by atoms with Gasteiger partial charge in [-0.3, -0.25) is 9.55 Å². The van der Waals surface area contributed by atoms with E-state index in [1.54, 1.807) is 0 Å². The van der Waals surface area contributed by atoms with E-state index in [-0.39, 0.29) is 0 Å². The Kier molecular flexibility index (Phi) is 6.55. The van der Waals surface area contributed by atoms with E-state index in [1.165, 1.54) is 65.3 Å². The van der Waals surface area contributed by atoms with Gasteiger partial charge < -0.3 is 0 Å². The van der Waals surface area contributed by atoms with Crippen molar-refractivity contribution in [3.8, 4) is 39.2 Å². The summed E-state index contributed by atoms with van der Waals surface area (Å²) in [6.45, 7) is 0. The summed E-state index contributed by atoms with van der Waals surface area (Å²) in [7, 11) is 0. The molecule has 53 heavy (non-hydrogen) atoms. The maximum atomic E-state index is 5.07. The summed E-state index contributed by atoms with van der Waals surface area (Å²) in [5.41, 5.74) is 10.3. The van der Waals surface area contributed by atoms with Crippen molar-refractivity contribution in [3.63, 3.8) is 0 Å². The van der Waals surface area contributed by atoms with E-state index in [2.05, 4.69) is 174 Å². The van der Waals surface area contributed by atoms with Crippen LogP contribution < -0.4 is 0 Å². The summed E-state index contributed by atoms with van der Waals surface area (Å²) in [5, 5.41) is 11.0. The average Bonchev–Trinajstić information content (AvgIpc) is 3.56. The van der Waals surface area contributed by atoms with Gasteiger partial charge in [0.15, 0.2) is 0 Å². The van der Waals surface area contributed by atoms with Gasteiger partial charge in [-0.15, -0.1) is 0 Å². The molecule has 0 unspecified atom stereocenters. The monoisotopic (exact) mass is 673 g/mol. The van der Waals surface area contributed by atoms with Gasteiger partial charge in [0, 0.05) is 23.3 Å². The molecule has 0 fully saturated rings. The normalized spacial score (nSPS) is 11.8. The topological polar surface area (TPSA) is 30.7 Å². The van der Waals surface area contributed by atoms with Gasteiger partial charge >= 0.3 is 0 Å². The van der Waals surface area contributed by atoms with Crippen LogP contribution in [-0.2, 0) is 0 Å². The van der Waals surface area contributed by atoms with Crippen molar-refractivity contribution >= 4 is 65.0 Å². The molecule has 11 aromatic rings. The Morgan fingerprint density at radius 2 is 0.887 bits per heavy atom. The Bertz CT molecular complexity index is 3170. The first-order chi connectivity index (χ1) is 26.3. The third kappa shape index (κ3) is 4.68. The molecule has 0 saturated heterocycles. The van der Waals surface area contributed by atoms with Gasteiger partial charge in [0.05, 0.1) is 16.6 Å². The van der Waals surface area contributed by atoms with E-state index in [4.69, 9.17) is 9.97 Å². The number of pyridine rings is 2. The van der Waals surface area contributed by atoms with E-state index < -0.39 is 0 Å². The van der Waals surface area contributed by atoms with Gasteiger partial charge in [-0.2, -0.15) is 0 Å². The van der Waals surface area contributed by atoms with Crippen LogP contribution in [0.4, 0.5) is 0 Å². The molecular weight excluding hydrogens is 643 g/mol. The second kappa shape index (κ2) is 11.7. The first-order valence-corrected chi connectivity index (χ1v) is 18.1. The number of hydrogen-bond acceptors (Lipinski definition) is 2. The predicted molar refractivity (Wildman–Crippen MR) is 223 cm³/mol. The summed E-state index contributed by atoms with van der Waals surface area (Å²) in [5.74, 6) is 0.871. The van der Waals surface area contributed by atoms with Crippen LogP contribution in [0.2, 0.25) is 0 Å². The minimum absolute atomic E-state index is 0.871. The molecule has 3 aromatic heterocycles. The van der Waals surface area contributed by atoms with Crippen LogP contribution in [0, 0.1) is 0 Å². The Balaban J connectivity index is 1.15. The maximum absolute atomic E-state index is 5.07. The number of nitrogens with zero attached hydrogens (tertiary/aromatic N) is 3. The maximum Gasteiger partial charge on any atom is 0.137 e. The molecule has 0 spiro atoms. The van der Waals surface area contributed by atoms with Crippen LogP contribution in [0.25, 0.3) is 104 Å². The minimum atomic E-state index is 0.871. The molecule has 0 radical (unpaired) electrons. The van der Waals surface area contributed by atoms with Crippen LogP contribution >= 0.6 is 0 Å². The highest BCUT2D eigenvalue weighted by Crippen LogP contribution is 2.45. The highest BCUT2D eigenvalue weighted by molar-refractivity contribution is 6.22. The quantitative estimate of drug-likeness (QED) is 0.174. The average molecular weight is 674 g/mol. The van der Waals surface area contributed by atoms with Crippen molar-refractivity contribution in [2.24, 2.45) is 0 Å². The molecule has 3 heterocycles. The smallest absolute Gasteiger partial charge is 0.137 e. The van der Waals surface area contributed by atoms with Gasteiger partial charge in [0.2, 0.25) is 0 Å². The molecule has 0 saturated carbocycles. The van der Waals surface area contributed by atoms with Crippen LogP contribution in [0.1, 0.15) is 0 Å². The van der Waals surface area contributed by atoms with Crippen molar-refractivity contribution < 1.29 is 0 Å². The molecular formula is C50H31N3. The first kappa shape index (κ1) is 29.6. The fourth-order valence-corrected chi connectivity index (χ4v) is 8.39. The lowest BCUT2D eigenvalue weighted by Crippen LogP contribution is -1.97. The molecule has 0 aliphatic heterocycles.